The van der Waals surface area contributed by atoms with E-state index < -0.39 is 0 Å². The number of nitrogens with zero attached hydrogens (tertiary/aromatic N) is 5. The zero-order valence-electron chi connectivity index (χ0n) is 15.6. The molecular weight excluding hydrogens is 338 g/mol. The van der Waals surface area contributed by atoms with Gasteiger partial charge in [-0.25, -0.2) is 9.97 Å². The maximum Gasteiger partial charge on any atom is 0.255 e. The number of benzene rings is 1. The smallest absolute Gasteiger partial charge is 0.255 e. The summed E-state index contributed by atoms with van der Waals surface area (Å²) in [7, 11) is 4.06. The topological polar surface area (TPSA) is 54.3 Å². The molecule has 0 radical (unpaired) electrons. The third-order valence-electron chi connectivity index (χ3n) is 5.05. The van der Waals surface area contributed by atoms with E-state index >= 15 is 0 Å². The van der Waals surface area contributed by atoms with Gasteiger partial charge in [-0.1, -0.05) is 12.1 Å². The highest BCUT2D eigenvalue weighted by Gasteiger charge is 2.31. The second-order valence-corrected chi connectivity index (χ2v) is 7.02. The van der Waals surface area contributed by atoms with Crippen LogP contribution in [-0.4, -0.2) is 46.0 Å². The maximum atomic E-state index is 13.1. The van der Waals surface area contributed by atoms with Crippen molar-refractivity contribution < 1.29 is 4.79 Å². The first-order valence-corrected chi connectivity index (χ1v) is 9.16. The van der Waals surface area contributed by atoms with Crippen molar-refractivity contribution in [2.75, 3.05) is 25.5 Å². The standard InChI is InChI=1S/C21H23N5O/c1-24(2)18-6-3-5-16(13-18)19-7-4-11-26(19)21(27)17-8-9-20(23-14-17)25-12-10-22-15-25/h3,5-6,8-10,12-15,19H,4,7,11H2,1-2H3. The molecule has 4 rings (SSSR count). The van der Waals surface area contributed by atoms with E-state index in [1.165, 1.54) is 5.56 Å². The minimum absolute atomic E-state index is 0.0393. The molecule has 1 atom stereocenters. The highest BCUT2D eigenvalue weighted by Crippen LogP contribution is 2.34. The van der Waals surface area contributed by atoms with Gasteiger partial charge in [-0.05, 0) is 42.7 Å². The summed E-state index contributed by atoms with van der Waals surface area (Å²) in [5.74, 6) is 0.790. The van der Waals surface area contributed by atoms with Crippen LogP contribution in [0.3, 0.4) is 0 Å². The summed E-state index contributed by atoms with van der Waals surface area (Å²) in [5, 5.41) is 0. The Morgan fingerprint density at radius 1 is 1.22 bits per heavy atom. The number of hydrogen-bond acceptors (Lipinski definition) is 4. The minimum atomic E-state index is 0.0393. The lowest BCUT2D eigenvalue weighted by molar-refractivity contribution is 0.0735. The van der Waals surface area contributed by atoms with Crippen LogP contribution in [-0.2, 0) is 0 Å². The SMILES string of the molecule is CN(C)c1cccc(C2CCCN2C(=O)c2ccc(-n3ccnc3)nc2)c1. The molecule has 1 aliphatic rings. The first-order chi connectivity index (χ1) is 13.1. The molecule has 0 spiro atoms. The largest absolute Gasteiger partial charge is 0.378 e. The molecule has 1 amide bonds. The number of imidazole rings is 1. The van der Waals surface area contributed by atoms with E-state index in [2.05, 4.69) is 39.1 Å². The zero-order valence-corrected chi connectivity index (χ0v) is 15.6. The summed E-state index contributed by atoms with van der Waals surface area (Å²) in [5.41, 5.74) is 2.96. The Labute approximate surface area is 159 Å². The monoisotopic (exact) mass is 361 g/mol. The molecule has 1 aliphatic heterocycles. The van der Waals surface area contributed by atoms with Crippen LogP contribution in [0.15, 0.2) is 61.3 Å². The lowest BCUT2D eigenvalue weighted by Gasteiger charge is -2.26. The molecule has 2 aromatic heterocycles. The normalized spacial score (nSPS) is 16.5. The van der Waals surface area contributed by atoms with E-state index in [1.807, 2.05) is 41.9 Å². The third kappa shape index (κ3) is 3.43. The third-order valence-corrected chi connectivity index (χ3v) is 5.05. The van der Waals surface area contributed by atoms with Gasteiger partial charge in [0.15, 0.2) is 0 Å². The number of pyridine rings is 1. The Hall–Kier alpha value is -3.15. The molecule has 138 valence electrons. The molecule has 6 nitrogen and oxygen atoms in total. The van der Waals surface area contributed by atoms with Crippen LogP contribution in [0.25, 0.3) is 5.82 Å². The number of rotatable bonds is 4. The summed E-state index contributed by atoms with van der Waals surface area (Å²) in [6.07, 6.45) is 8.89. The van der Waals surface area contributed by atoms with Crippen LogP contribution >= 0.6 is 0 Å². The van der Waals surface area contributed by atoms with Gasteiger partial charge in [-0.15, -0.1) is 0 Å². The van der Waals surface area contributed by atoms with Gasteiger partial charge in [0.25, 0.3) is 5.91 Å². The lowest BCUT2D eigenvalue weighted by atomic mass is 10.0. The van der Waals surface area contributed by atoms with Crippen LogP contribution in [0.5, 0.6) is 0 Å². The van der Waals surface area contributed by atoms with Crippen molar-refractivity contribution in [1.29, 1.82) is 0 Å². The van der Waals surface area contributed by atoms with Crippen LogP contribution in [0.1, 0.15) is 34.8 Å². The summed E-state index contributed by atoms with van der Waals surface area (Å²) in [6, 6.07) is 12.3. The molecule has 6 heteroatoms. The fraction of sp³-hybridized carbons (Fsp3) is 0.286. The Morgan fingerprint density at radius 3 is 2.81 bits per heavy atom. The maximum absolute atomic E-state index is 13.1. The molecule has 1 aromatic carbocycles. The Bertz CT molecular complexity index is 918. The number of carbonyl (C=O) groups is 1. The van der Waals surface area contributed by atoms with Crippen LogP contribution in [0.2, 0.25) is 0 Å². The van der Waals surface area contributed by atoms with Crippen molar-refractivity contribution in [2.45, 2.75) is 18.9 Å². The quantitative estimate of drug-likeness (QED) is 0.715. The fourth-order valence-corrected chi connectivity index (χ4v) is 3.59. The Balaban J connectivity index is 1.56. The van der Waals surface area contributed by atoms with Gasteiger partial charge in [0.05, 0.1) is 11.6 Å². The van der Waals surface area contributed by atoms with Gasteiger partial charge in [-0.3, -0.25) is 9.36 Å². The fourth-order valence-electron chi connectivity index (χ4n) is 3.59. The average molecular weight is 361 g/mol. The lowest BCUT2D eigenvalue weighted by Crippen LogP contribution is -2.30. The van der Waals surface area contributed by atoms with E-state index in [-0.39, 0.29) is 11.9 Å². The van der Waals surface area contributed by atoms with Gasteiger partial charge in [0, 0.05) is 44.9 Å². The zero-order chi connectivity index (χ0) is 18.8. The van der Waals surface area contributed by atoms with Crippen molar-refractivity contribution in [1.82, 2.24) is 19.4 Å². The van der Waals surface area contributed by atoms with E-state index in [9.17, 15) is 4.79 Å². The minimum Gasteiger partial charge on any atom is -0.378 e. The molecule has 1 fully saturated rings. The van der Waals surface area contributed by atoms with E-state index in [4.69, 9.17) is 0 Å². The Morgan fingerprint density at radius 2 is 2.11 bits per heavy atom. The van der Waals surface area contributed by atoms with E-state index in [1.54, 1.807) is 18.7 Å². The first kappa shape index (κ1) is 17.3. The molecule has 27 heavy (non-hydrogen) atoms. The number of amides is 1. The van der Waals surface area contributed by atoms with Crippen LogP contribution < -0.4 is 4.90 Å². The number of aromatic nitrogens is 3. The van der Waals surface area contributed by atoms with Crippen molar-refractivity contribution >= 4 is 11.6 Å². The van der Waals surface area contributed by atoms with Gasteiger partial charge < -0.3 is 9.80 Å². The van der Waals surface area contributed by atoms with E-state index in [0.29, 0.717) is 5.56 Å². The van der Waals surface area contributed by atoms with Crippen LogP contribution in [0, 0.1) is 0 Å². The first-order valence-electron chi connectivity index (χ1n) is 9.16. The molecule has 1 unspecified atom stereocenters. The Kier molecular flexibility index (Phi) is 4.62. The highest BCUT2D eigenvalue weighted by atomic mass is 16.2. The second kappa shape index (κ2) is 7.23. The predicted octanol–water partition coefficient (Wildman–Crippen LogP) is 3.31. The summed E-state index contributed by atoms with van der Waals surface area (Å²) < 4.78 is 1.82. The summed E-state index contributed by atoms with van der Waals surface area (Å²) in [4.78, 5) is 25.6. The van der Waals surface area contributed by atoms with Crippen molar-refractivity contribution in [3.63, 3.8) is 0 Å². The van der Waals surface area contributed by atoms with E-state index in [0.717, 1.165) is 30.9 Å². The number of likely N-dealkylation sites (tertiary alicyclic amines) is 1. The summed E-state index contributed by atoms with van der Waals surface area (Å²) >= 11 is 0. The predicted molar refractivity (Wildman–Crippen MR) is 105 cm³/mol. The van der Waals surface area contributed by atoms with Crippen molar-refractivity contribution in [3.8, 4) is 5.82 Å². The average Bonchev–Trinajstić information content (AvgIpc) is 3.39. The summed E-state index contributed by atoms with van der Waals surface area (Å²) in [6.45, 7) is 0.777. The molecule has 0 aliphatic carbocycles. The van der Waals surface area contributed by atoms with Gasteiger partial charge >= 0.3 is 0 Å². The van der Waals surface area contributed by atoms with Crippen molar-refractivity contribution in [3.05, 3.63) is 72.4 Å². The molecule has 3 heterocycles. The van der Waals surface area contributed by atoms with Crippen molar-refractivity contribution in [2.24, 2.45) is 0 Å². The molecule has 1 saturated heterocycles. The number of carbonyl (C=O) groups excluding carboxylic acids is 1. The van der Waals surface area contributed by atoms with Gasteiger partial charge in [0.2, 0.25) is 0 Å². The van der Waals surface area contributed by atoms with Crippen LogP contribution in [0.4, 0.5) is 5.69 Å². The number of anilines is 1. The highest BCUT2D eigenvalue weighted by molar-refractivity contribution is 5.94. The molecule has 0 saturated carbocycles. The second-order valence-electron chi connectivity index (χ2n) is 7.02. The number of hydrogen-bond donors (Lipinski definition) is 0. The van der Waals surface area contributed by atoms with Gasteiger partial charge in [-0.2, -0.15) is 0 Å². The molecule has 3 aromatic rings. The molecular formula is C21H23N5O. The molecule has 0 N–H and O–H groups in total. The molecule has 0 bridgehead atoms. The van der Waals surface area contributed by atoms with Gasteiger partial charge in [0.1, 0.15) is 12.1 Å².